The molecule has 142 valence electrons. The van der Waals surface area contributed by atoms with Crippen molar-refractivity contribution in [3.63, 3.8) is 0 Å². The Morgan fingerprint density at radius 1 is 1.29 bits per heavy atom. The third-order valence-corrected chi connectivity index (χ3v) is 5.45. The van der Waals surface area contributed by atoms with E-state index in [4.69, 9.17) is 11.6 Å². The third-order valence-electron chi connectivity index (χ3n) is 5.19. The molecule has 0 amide bonds. The first-order valence-corrected chi connectivity index (χ1v) is 9.39. The van der Waals surface area contributed by atoms with Gasteiger partial charge in [-0.25, -0.2) is 4.98 Å². The number of hydrogen-bond acceptors (Lipinski definition) is 5. The molecule has 1 aliphatic heterocycles. The summed E-state index contributed by atoms with van der Waals surface area (Å²) in [5.74, 6) is 0.624. The van der Waals surface area contributed by atoms with E-state index in [0.717, 1.165) is 43.0 Å². The van der Waals surface area contributed by atoms with Gasteiger partial charge in [0.1, 0.15) is 18.2 Å². The zero-order valence-corrected chi connectivity index (χ0v) is 16.1. The molecule has 2 aromatic heterocycles. The molecule has 0 saturated carbocycles. The second-order valence-electron chi connectivity index (χ2n) is 6.87. The smallest absolute Gasteiger partial charge is 0.231 e. The highest BCUT2D eigenvalue weighted by Gasteiger charge is 2.27. The Hall–Kier alpha value is -2.98. The first-order valence-electron chi connectivity index (χ1n) is 9.02. The SMILES string of the molecule is Cn1cnnc1C1CCN(c2c(C#N)cccc2-c2cnc(F)c(Cl)c2)CC1. The molecule has 3 heterocycles. The van der Waals surface area contributed by atoms with Gasteiger partial charge in [-0.2, -0.15) is 9.65 Å². The largest absolute Gasteiger partial charge is 0.370 e. The number of pyridine rings is 1. The van der Waals surface area contributed by atoms with Crippen LogP contribution < -0.4 is 4.90 Å². The number of rotatable bonds is 3. The van der Waals surface area contributed by atoms with Crippen LogP contribution >= 0.6 is 11.6 Å². The van der Waals surface area contributed by atoms with Crippen molar-refractivity contribution in [3.8, 4) is 17.2 Å². The van der Waals surface area contributed by atoms with E-state index in [0.29, 0.717) is 17.0 Å². The summed E-state index contributed by atoms with van der Waals surface area (Å²) in [5.41, 5.74) is 2.93. The van der Waals surface area contributed by atoms with Crippen LogP contribution in [0.1, 0.15) is 30.1 Å². The molecule has 0 radical (unpaired) electrons. The molecule has 6 nitrogen and oxygen atoms in total. The van der Waals surface area contributed by atoms with Crippen molar-refractivity contribution in [2.24, 2.45) is 7.05 Å². The summed E-state index contributed by atoms with van der Waals surface area (Å²) >= 11 is 5.94. The van der Waals surface area contributed by atoms with Crippen LogP contribution in [0.5, 0.6) is 0 Å². The predicted molar refractivity (Wildman–Crippen MR) is 105 cm³/mol. The molecule has 8 heteroatoms. The number of hydrogen-bond donors (Lipinski definition) is 0. The number of piperidine rings is 1. The minimum absolute atomic E-state index is 0.0354. The standard InChI is InChI=1S/C20H18ClFN6/c1-27-12-25-26-20(27)13-5-7-28(8-6-13)18-14(10-23)3-2-4-16(18)15-9-17(21)19(22)24-11-15/h2-4,9,11-13H,5-8H2,1H3. The van der Waals surface area contributed by atoms with Crippen molar-refractivity contribution in [1.29, 1.82) is 5.26 Å². The van der Waals surface area contributed by atoms with Crippen molar-refractivity contribution in [2.45, 2.75) is 18.8 Å². The number of nitriles is 1. The van der Waals surface area contributed by atoms with Gasteiger partial charge in [-0.1, -0.05) is 23.7 Å². The topological polar surface area (TPSA) is 70.6 Å². The van der Waals surface area contributed by atoms with Gasteiger partial charge in [0.05, 0.1) is 16.3 Å². The van der Waals surface area contributed by atoms with E-state index in [-0.39, 0.29) is 5.02 Å². The summed E-state index contributed by atoms with van der Waals surface area (Å²) in [4.78, 5) is 5.94. The van der Waals surface area contributed by atoms with E-state index in [2.05, 4.69) is 26.2 Å². The van der Waals surface area contributed by atoms with Crippen molar-refractivity contribution < 1.29 is 4.39 Å². The second-order valence-corrected chi connectivity index (χ2v) is 7.28. The number of anilines is 1. The zero-order valence-electron chi connectivity index (χ0n) is 15.3. The number of para-hydroxylation sites is 1. The molecule has 1 aliphatic rings. The lowest BCUT2D eigenvalue weighted by molar-refractivity contribution is 0.474. The van der Waals surface area contributed by atoms with E-state index in [1.54, 1.807) is 18.5 Å². The van der Waals surface area contributed by atoms with Crippen LogP contribution in [0.25, 0.3) is 11.1 Å². The fraction of sp³-hybridized carbons (Fsp3) is 0.300. The lowest BCUT2D eigenvalue weighted by Crippen LogP contribution is -2.34. The maximum Gasteiger partial charge on any atom is 0.231 e. The van der Waals surface area contributed by atoms with Crippen LogP contribution in [0.3, 0.4) is 0 Å². The Bertz CT molecular complexity index is 1050. The van der Waals surface area contributed by atoms with Gasteiger partial charge in [0, 0.05) is 43.4 Å². The molecule has 4 rings (SSSR count). The summed E-state index contributed by atoms with van der Waals surface area (Å²) in [5, 5.41) is 17.8. The van der Waals surface area contributed by atoms with Crippen LogP contribution in [0.2, 0.25) is 5.02 Å². The first-order chi connectivity index (χ1) is 13.6. The van der Waals surface area contributed by atoms with Gasteiger partial charge in [0.15, 0.2) is 0 Å². The highest BCUT2D eigenvalue weighted by atomic mass is 35.5. The van der Waals surface area contributed by atoms with Gasteiger partial charge in [0.2, 0.25) is 5.95 Å². The van der Waals surface area contributed by atoms with Crippen LogP contribution in [0, 0.1) is 17.3 Å². The molecular weight excluding hydrogens is 379 g/mol. The van der Waals surface area contributed by atoms with Crippen molar-refractivity contribution >= 4 is 17.3 Å². The second kappa shape index (κ2) is 7.56. The van der Waals surface area contributed by atoms with Gasteiger partial charge >= 0.3 is 0 Å². The minimum atomic E-state index is -0.701. The number of aryl methyl sites for hydroxylation is 1. The Labute approximate surface area is 167 Å². The Balaban J connectivity index is 1.67. The average molecular weight is 397 g/mol. The maximum absolute atomic E-state index is 13.5. The fourth-order valence-electron chi connectivity index (χ4n) is 3.80. The normalized spacial score (nSPS) is 14.9. The van der Waals surface area contributed by atoms with E-state index >= 15 is 0 Å². The molecule has 0 unspecified atom stereocenters. The minimum Gasteiger partial charge on any atom is -0.370 e. The number of halogens is 2. The van der Waals surface area contributed by atoms with E-state index in [1.807, 2.05) is 23.7 Å². The van der Waals surface area contributed by atoms with Crippen molar-refractivity contribution in [2.75, 3.05) is 18.0 Å². The summed E-state index contributed by atoms with van der Waals surface area (Å²) in [6.07, 6.45) is 4.99. The van der Waals surface area contributed by atoms with Crippen LogP contribution in [-0.4, -0.2) is 32.8 Å². The molecule has 0 atom stereocenters. The molecule has 1 aromatic carbocycles. The van der Waals surface area contributed by atoms with E-state index in [9.17, 15) is 9.65 Å². The van der Waals surface area contributed by atoms with Gasteiger partial charge in [-0.3, -0.25) is 0 Å². The quantitative estimate of drug-likeness (QED) is 0.627. The third kappa shape index (κ3) is 3.32. The van der Waals surface area contributed by atoms with Crippen molar-refractivity contribution in [1.82, 2.24) is 19.7 Å². The maximum atomic E-state index is 13.5. The Kier molecular flexibility index (Phi) is 4.97. The molecule has 0 aliphatic carbocycles. The van der Waals surface area contributed by atoms with Gasteiger partial charge in [-0.15, -0.1) is 10.2 Å². The monoisotopic (exact) mass is 396 g/mol. The lowest BCUT2D eigenvalue weighted by Gasteiger charge is -2.35. The molecule has 3 aromatic rings. The van der Waals surface area contributed by atoms with E-state index in [1.165, 1.54) is 6.20 Å². The highest BCUT2D eigenvalue weighted by Crippen LogP contribution is 2.38. The summed E-state index contributed by atoms with van der Waals surface area (Å²) in [7, 11) is 1.95. The van der Waals surface area contributed by atoms with Gasteiger partial charge < -0.3 is 9.47 Å². The van der Waals surface area contributed by atoms with Crippen molar-refractivity contribution in [3.05, 3.63) is 59.1 Å². The summed E-state index contributed by atoms with van der Waals surface area (Å²) < 4.78 is 15.5. The van der Waals surface area contributed by atoms with Crippen LogP contribution in [-0.2, 0) is 7.05 Å². The molecule has 1 fully saturated rings. The Morgan fingerprint density at radius 3 is 2.71 bits per heavy atom. The Morgan fingerprint density at radius 2 is 2.07 bits per heavy atom. The average Bonchev–Trinajstić information content (AvgIpc) is 3.15. The fourth-order valence-corrected chi connectivity index (χ4v) is 3.97. The lowest BCUT2D eigenvalue weighted by atomic mass is 9.93. The summed E-state index contributed by atoms with van der Waals surface area (Å²) in [6.45, 7) is 1.57. The zero-order chi connectivity index (χ0) is 19.7. The van der Waals surface area contributed by atoms with Gasteiger partial charge in [-0.05, 0) is 25.0 Å². The predicted octanol–water partition coefficient (Wildman–Crippen LogP) is 3.93. The van der Waals surface area contributed by atoms with Crippen LogP contribution in [0.15, 0.2) is 36.8 Å². The number of benzene rings is 1. The first kappa shape index (κ1) is 18.4. The van der Waals surface area contributed by atoms with Crippen LogP contribution in [0.4, 0.5) is 10.1 Å². The number of aromatic nitrogens is 4. The molecule has 0 bridgehead atoms. The van der Waals surface area contributed by atoms with Gasteiger partial charge in [0.25, 0.3) is 0 Å². The summed E-state index contributed by atoms with van der Waals surface area (Å²) in [6, 6.07) is 9.36. The molecule has 1 saturated heterocycles. The molecule has 0 spiro atoms. The highest BCUT2D eigenvalue weighted by molar-refractivity contribution is 6.30. The molecular formula is C20H18ClFN6. The number of nitrogens with zero attached hydrogens (tertiary/aromatic N) is 6. The molecule has 28 heavy (non-hydrogen) atoms. The van der Waals surface area contributed by atoms with E-state index < -0.39 is 5.95 Å². The molecule has 0 N–H and O–H groups in total.